The van der Waals surface area contributed by atoms with Gasteiger partial charge in [-0.25, -0.2) is 4.98 Å². The van der Waals surface area contributed by atoms with Crippen LogP contribution in [0.25, 0.3) is 17.1 Å². The molecular formula is C10H10N2. The van der Waals surface area contributed by atoms with E-state index < -0.39 is 0 Å². The highest BCUT2D eigenvalue weighted by Crippen LogP contribution is 2.10. The van der Waals surface area contributed by atoms with Crippen molar-refractivity contribution in [3.63, 3.8) is 0 Å². The number of H-pyrrole nitrogens is 1. The Hall–Kier alpha value is -1.57. The molecule has 1 aromatic heterocycles. The fourth-order valence-electron chi connectivity index (χ4n) is 1.21. The summed E-state index contributed by atoms with van der Waals surface area (Å²) < 4.78 is 0. The van der Waals surface area contributed by atoms with E-state index in [1.54, 1.807) is 0 Å². The average molecular weight is 158 g/mol. The molecule has 0 unspecified atom stereocenters. The van der Waals surface area contributed by atoms with Gasteiger partial charge in [0.15, 0.2) is 0 Å². The highest BCUT2D eigenvalue weighted by atomic mass is 14.9. The van der Waals surface area contributed by atoms with Gasteiger partial charge >= 0.3 is 0 Å². The van der Waals surface area contributed by atoms with Crippen molar-refractivity contribution in [1.29, 1.82) is 0 Å². The van der Waals surface area contributed by atoms with Gasteiger partial charge in [0.1, 0.15) is 5.82 Å². The Morgan fingerprint density at radius 3 is 2.92 bits per heavy atom. The number of nitrogens with one attached hydrogen (secondary N) is 1. The summed E-state index contributed by atoms with van der Waals surface area (Å²) in [4.78, 5) is 7.56. The van der Waals surface area contributed by atoms with E-state index in [0.717, 1.165) is 16.9 Å². The first-order valence-electron chi connectivity index (χ1n) is 3.97. The molecule has 2 aromatic rings. The molecule has 2 heteroatoms. The third-order valence-corrected chi connectivity index (χ3v) is 1.73. The third-order valence-electron chi connectivity index (χ3n) is 1.73. The minimum atomic E-state index is 0.915. The van der Waals surface area contributed by atoms with Crippen molar-refractivity contribution in [1.82, 2.24) is 9.97 Å². The number of rotatable bonds is 1. The Labute approximate surface area is 70.9 Å². The van der Waals surface area contributed by atoms with E-state index in [1.165, 1.54) is 0 Å². The van der Waals surface area contributed by atoms with E-state index in [-0.39, 0.29) is 0 Å². The van der Waals surface area contributed by atoms with Crippen molar-refractivity contribution >= 4 is 17.1 Å². The van der Waals surface area contributed by atoms with Crippen molar-refractivity contribution in [2.45, 2.75) is 6.92 Å². The van der Waals surface area contributed by atoms with E-state index in [2.05, 4.69) is 9.97 Å². The minimum Gasteiger partial charge on any atom is -0.338 e. The quantitative estimate of drug-likeness (QED) is 0.679. The summed E-state index contributed by atoms with van der Waals surface area (Å²) >= 11 is 0. The van der Waals surface area contributed by atoms with Crippen LogP contribution in [0.3, 0.4) is 0 Å². The zero-order chi connectivity index (χ0) is 8.39. The lowest BCUT2D eigenvalue weighted by molar-refractivity contribution is 1.29. The number of aromatic nitrogens is 2. The normalized spacial score (nSPS) is 11.4. The molecule has 0 amide bonds. The summed E-state index contributed by atoms with van der Waals surface area (Å²) in [6.07, 6.45) is 3.93. The molecule has 0 aliphatic rings. The first-order valence-corrected chi connectivity index (χ1v) is 3.97. The number of nitrogens with zero attached hydrogens (tertiary/aromatic N) is 1. The Morgan fingerprint density at radius 1 is 1.33 bits per heavy atom. The van der Waals surface area contributed by atoms with Gasteiger partial charge in [-0.2, -0.15) is 0 Å². The molecule has 0 atom stereocenters. The van der Waals surface area contributed by atoms with Gasteiger partial charge < -0.3 is 4.98 Å². The van der Waals surface area contributed by atoms with Crippen LogP contribution in [0.4, 0.5) is 0 Å². The molecule has 0 saturated heterocycles. The number of aromatic amines is 1. The largest absolute Gasteiger partial charge is 0.338 e. The summed E-state index contributed by atoms with van der Waals surface area (Å²) in [7, 11) is 0. The van der Waals surface area contributed by atoms with Crippen LogP contribution in [-0.2, 0) is 0 Å². The minimum absolute atomic E-state index is 0.915. The van der Waals surface area contributed by atoms with Gasteiger partial charge in [0.05, 0.1) is 11.0 Å². The summed E-state index contributed by atoms with van der Waals surface area (Å²) in [5.41, 5.74) is 2.11. The number of imidazole rings is 1. The van der Waals surface area contributed by atoms with Crippen LogP contribution in [-0.4, -0.2) is 9.97 Å². The zero-order valence-corrected chi connectivity index (χ0v) is 6.91. The van der Waals surface area contributed by atoms with Gasteiger partial charge in [-0.05, 0) is 25.1 Å². The van der Waals surface area contributed by atoms with E-state index in [0.29, 0.717) is 0 Å². The summed E-state index contributed by atoms with van der Waals surface area (Å²) in [5, 5.41) is 0. The molecule has 1 heterocycles. The van der Waals surface area contributed by atoms with E-state index in [1.807, 2.05) is 43.3 Å². The first-order chi connectivity index (χ1) is 5.90. The molecule has 12 heavy (non-hydrogen) atoms. The van der Waals surface area contributed by atoms with Gasteiger partial charge in [0.2, 0.25) is 0 Å². The van der Waals surface area contributed by atoms with Crippen LogP contribution in [0.5, 0.6) is 0 Å². The van der Waals surface area contributed by atoms with E-state index in [9.17, 15) is 0 Å². The molecule has 1 N–H and O–H groups in total. The highest BCUT2D eigenvalue weighted by molar-refractivity contribution is 5.76. The lowest BCUT2D eigenvalue weighted by Crippen LogP contribution is -1.70. The predicted molar refractivity (Wildman–Crippen MR) is 50.8 cm³/mol. The smallest absolute Gasteiger partial charge is 0.130 e. The molecule has 2 rings (SSSR count). The molecular weight excluding hydrogens is 148 g/mol. The molecule has 60 valence electrons. The van der Waals surface area contributed by atoms with Gasteiger partial charge in [-0.1, -0.05) is 18.2 Å². The SMILES string of the molecule is C/C=C/c1nc2ccccc2[nH]1. The van der Waals surface area contributed by atoms with Crippen LogP contribution in [0.2, 0.25) is 0 Å². The van der Waals surface area contributed by atoms with Crippen molar-refractivity contribution in [3.8, 4) is 0 Å². The molecule has 1 aromatic carbocycles. The maximum Gasteiger partial charge on any atom is 0.130 e. The maximum absolute atomic E-state index is 4.36. The third kappa shape index (κ3) is 1.11. The molecule has 0 spiro atoms. The second-order valence-electron chi connectivity index (χ2n) is 2.64. The van der Waals surface area contributed by atoms with Crippen molar-refractivity contribution in [2.75, 3.05) is 0 Å². The summed E-state index contributed by atoms with van der Waals surface area (Å²) in [5.74, 6) is 0.915. The number of fused-ring (bicyclic) bond motifs is 1. The number of para-hydroxylation sites is 2. The van der Waals surface area contributed by atoms with Crippen LogP contribution < -0.4 is 0 Å². The second kappa shape index (κ2) is 2.81. The lowest BCUT2D eigenvalue weighted by atomic mass is 10.3. The van der Waals surface area contributed by atoms with Crippen LogP contribution >= 0.6 is 0 Å². The van der Waals surface area contributed by atoms with Crippen LogP contribution in [0.15, 0.2) is 30.3 Å². The summed E-state index contributed by atoms with van der Waals surface area (Å²) in [6.45, 7) is 1.98. The molecule has 0 radical (unpaired) electrons. The Morgan fingerprint density at radius 2 is 2.17 bits per heavy atom. The van der Waals surface area contributed by atoms with Gasteiger partial charge in [-0.15, -0.1) is 0 Å². The molecule has 0 aliphatic carbocycles. The molecule has 0 bridgehead atoms. The monoisotopic (exact) mass is 158 g/mol. The van der Waals surface area contributed by atoms with Gasteiger partial charge in [0, 0.05) is 0 Å². The number of hydrogen-bond donors (Lipinski definition) is 1. The van der Waals surface area contributed by atoms with Crippen molar-refractivity contribution < 1.29 is 0 Å². The van der Waals surface area contributed by atoms with E-state index in [4.69, 9.17) is 0 Å². The van der Waals surface area contributed by atoms with Gasteiger partial charge in [-0.3, -0.25) is 0 Å². The maximum atomic E-state index is 4.36. The standard InChI is InChI=1S/C10H10N2/c1-2-5-10-11-8-6-3-4-7-9(8)12-10/h2-7H,1H3,(H,11,12)/b5-2+. The first kappa shape index (κ1) is 7.10. The Bertz CT molecular complexity index is 379. The van der Waals surface area contributed by atoms with Crippen molar-refractivity contribution in [3.05, 3.63) is 36.2 Å². The highest BCUT2D eigenvalue weighted by Gasteiger charge is 1.96. The van der Waals surface area contributed by atoms with Gasteiger partial charge in [0.25, 0.3) is 0 Å². The van der Waals surface area contributed by atoms with E-state index >= 15 is 0 Å². The fourth-order valence-corrected chi connectivity index (χ4v) is 1.21. The van der Waals surface area contributed by atoms with Crippen molar-refractivity contribution in [2.24, 2.45) is 0 Å². The summed E-state index contributed by atoms with van der Waals surface area (Å²) in [6, 6.07) is 8.01. The average Bonchev–Trinajstić information content (AvgIpc) is 2.47. The Kier molecular flexibility index (Phi) is 1.67. The number of hydrogen-bond acceptors (Lipinski definition) is 1. The fraction of sp³-hybridized carbons (Fsp3) is 0.100. The van der Waals surface area contributed by atoms with Crippen LogP contribution in [0.1, 0.15) is 12.7 Å². The molecule has 2 nitrogen and oxygen atoms in total. The molecule has 0 aliphatic heterocycles. The number of allylic oxidation sites excluding steroid dienone is 1. The van der Waals surface area contributed by atoms with Crippen LogP contribution in [0, 0.1) is 0 Å². The molecule has 0 saturated carbocycles. The zero-order valence-electron chi connectivity index (χ0n) is 6.91. The Balaban J connectivity index is 2.62. The molecule has 0 fully saturated rings. The second-order valence-corrected chi connectivity index (χ2v) is 2.64. The topological polar surface area (TPSA) is 28.7 Å². The lowest BCUT2D eigenvalue weighted by Gasteiger charge is -1.81. The predicted octanol–water partition coefficient (Wildman–Crippen LogP) is 2.60. The number of benzene rings is 1.